The molecule has 4 N–H and O–H groups in total. The SMILES string of the molecule is N[S+]([O-])N(CN=O)c1c(O)cc2ncc(NC3CC3)nc2c1F. The lowest BCUT2D eigenvalue weighted by Gasteiger charge is -2.20. The van der Waals surface area contributed by atoms with E-state index in [4.69, 9.17) is 5.14 Å². The molecule has 1 aromatic heterocycles. The number of aromatic nitrogens is 2. The number of nitrogens with two attached hydrogens (primary N) is 1. The molecule has 0 aliphatic heterocycles. The average Bonchev–Trinajstić information content (AvgIpc) is 3.31. The van der Waals surface area contributed by atoms with E-state index in [1.165, 1.54) is 6.20 Å². The molecule has 1 heterocycles. The number of benzene rings is 1. The third kappa shape index (κ3) is 3.11. The Morgan fingerprint density at radius 1 is 1.61 bits per heavy atom. The molecule has 0 saturated heterocycles. The molecule has 1 aromatic carbocycles. The van der Waals surface area contributed by atoms with Crippen LogP contribution in [0.15, 0.2) is 17.4 Å². The number of rotatable bonds is 6. The van der Waals surface area contributed by atoms with Crippen molar-refractivity contribution in [2.24, 2.45) is 10.3 Å². The molecule has 1 aliphatic rings. The molecule has 0 spiro atoms. The van der Waals surface area contributed by atoms with Gasteiger partial charge in [-0.3, -0.25) is 4.98 Å². The van der Waals surface area contributed by atoms with E-state index in [0.29, 0.717) is 16.2 Å². The quantitative estimate of drug-likeness (QED) is 0.525. The molecule has 1 aliphatic carbocycles. The Kier molecular flexibility index (Phi) is 4.15. The summed E-state index contributed by atoms with van der Waals surface area (Å²) in [5.41, 5.74) is -0.521. The number of anilines is 2. The van der Waals surface area contributed by atoms with Gasteiger partial charge in [-0.2, -0.15) is 0 Å². The highest BCUT2D eigenvalue weighted by Crippen LogP contribution is 2.36. The van der Waals surface area contributed by atoms with E-state index in [2.05, 4.69) is 20.5 Å². The summed E-state index contributed by atoms with van der Waals surface area (Å²) in [4.78, 5) is 18.6. The van der Waals surface area contributed by atoms with Crippen LogP contribution < -0.4 is 14.8 Å². The van der Waals surface area contributed by atoms with Crippen LogP contribution in [0, 0.1) is 10.7 Å². The van der Waals surface area contributed by atoms with Gasteiger partial charge >= 0.3 is 0 Å². The number of hydrogen-bond donors (Lipinski definition) is 3. The molecule has 1 fully saturated rings. The lowest BCUT2D eigenvalue weighted by molar-refractivity contribution is 0.470. The Balaban J connectivity index is 2.10. The topological polar surface area (TPSA) is 140 Å². The first-order valence-corrected chi connectivity index (χ1v) is 7.86. The van der Waals surface area contributed by atoms with Crippen molar-refractivity contribution in [2.45, 2.75) is 18.9 Å². The van der Waals surface area contributed by atoms with E-state index >= 15 is 0 Å². The summed E-state index contributed by atoms with van der Waals surface area (Å²) < 4.78 is 26.9. The minimum Gasteiger partial charge on any atom is -0.574 e. The highest BCUT2D eigenvalue weighted by Gasteiger charge is 2.28. The van der Waals surface area contributed by atoms with E-state index in [9.17, 15) is 19.0 Å². The van der Waals surface area contributed by atoms with E-state index in [-0.39, 0.29) is 11.0 Å². The summed E-state index contributed by atoms with van der Waals surface area (Å²) in [6, 6.07) is 1.46. The number of phenols is 1. The fourth-order valence-electron chi connectivity index (χ4n) is 2.10. The summed E-state index contributed by atoms with van der Waals surface area (Å²) in [5.74, 6) is -1.14. The van der Waals surface area contributed by atoms with Crippen molar-refractivity contribution in [3.05, 3.63) is 23.0 Å². The predicted octanol–water partition coefficient (Wildman–Crippen LogP) is 1.12. The van der Waals surface area contributed by atoms with E-state index in [0.717, 1.165) is 18.9 Å². The maximum Gasteiger partial charge on any atom is 0.199 e. The van der Waals surface area contributed by atoms with Gasteiger partial charge in [0.05, 0.1) is 11.7 Å². The summed E-state index contributed by atoms with van der Waals surface area (Å²) in [6.45, 7) is -0.688. The third-order valence-corrected chi connectivity index (χ3v) is 4.05. The van der Waals surface area contributed by atoms with Gasteiger partial charge in [0.15, 0.2) is 29.7 Å². The van der Waals surface area contributed by atoms with Crippen molar-refractivity contribution in [1.29, 1.82) is 0 Å². The van der Waals surface area contributed by atoms with Crippen molar-refractivity contribution >= 4 is 34.1 Å². The van der Waals surface area contributed by atoms with Crippen LogP contribution in [0.3, 0.4) is 0 Å². The standard InChI is InChI=1S/C12H13FN6O3S/c13-10-11-7(15-4-9(18-11)17-6-1-2-6)3-8(20)12(10)19(5-16-21)23(14)22/h3-4,6,20H,1-2,5,14H2,(H,17,18). The number of nitrogens with one attached hydrogen (secondary N) is 1. The summed E-state index contributed by atoms with van der Waals surface area (Å²) in [7, 11) is 0. The van der Waals surface area contributed by atoms with Crippen molar-refractivity contribution in [2.75, 3.05) is 16.3 Å². The molecule has 0 radical (unpaired) electrons. The summed E-state index contributed by atoms with van der Waals surface area (Å²) in [5, 5.41) is 20.8. The predicted molar refractivity (Wildman–Crippen MR) is 83.3 cm³/mol. The Morgan fingerprint density at radius 3 is 2.96 bits per heavy atom. The normalized spacial score (nSPS) is 15.4. The smallest absolute Gasteiger partial charge is 0.199 e. The number of fused-ring (bicyclic) bond motifs is 1. The first-order chi connectivity index (χ1) is 11.0. The average molecular weight is 340 g/mol. The zero-order chi connectivity index (χ0) is 16.6. The summed E-state index contributed by atoms with van der Waals surface area (Å²) in [6.07, 6.45) is 3.45. The zero-order valence-corrected chi connectivity index (χ0v) is 12.6. The third-order valence-electron chi connectivity index (χ3n) is 3.31. The molecule has 1 saturated carbocycles. The van der Waals surface area contributed by atoms with Crippen LogP contribution in [-0.2, 0) is 11.5 Å². The highest BCUT2D eigenvalue weighted by molar-refractivity contribution is 7.90. The van der Waals surface area contributed by atoms with Crippen molar-refractivity contribution in [3.8, 4) is 5.75 Å². The summed E-state index contributed by atoms with van der Waals surface area (Å²) >= 11 is -2.25. The fourth-order valence-corrected chi connectivity index (χ4v) is 2.62. The van der Waals surface area contributed by atoms with Crippen molar-refractivity contribution < 1.29 is 14.0 Å². The largest absolute Gasteiger partial charge is 0.574 e. The van der Waals surface area contributed by atoms with E-state index < -0.39 is 35.5 Å². The van der Waals surface area contributed by atoms with Gasteiger partial charge in [0.2, 0.25) is 0 Å². The molecular weight excluding hydrogens is 327 g/mol. The van der Waals surface area contributed by atoms with Crippen LogP contribution in [0.1, 0.15) is 12.8 Å². The maximum atomic E-state index is 14.7. The van der Waals surface area contributed by atoms with E-state index in [1.54, 1.807) is 0 Å². The molecule has 3 rings (SSSR count). The molecule has 23 heavy (non-hydrogen) atoms. The van der Waals surface area contributed by atoms with Gasteiger partial charge < -0.3 is 15.0 Å². The van der Waals surface area contributed by atoms with Gasteiger partial charge in [0.25, 0.3) is 0 Å². The minimum absolute atomic E-state index is 0.118. The van der Waals surface area contributed by atoms with Crippen molar-refractivity contribution in [3.63, 3.8) is 0 Å². The second kappa shape index (κ2) is 6.10. The zero-order valence-electron chi connectivity index (χ0n) is 11.8. The number of nitrogens with zero attached hydrogens (tertiary/aromatic N) is 4. The lowest BCUT2D eigenvalue weighted by atomic mass is 10.2. The molecule has 11 heteroatoms. The number of nitroso groups, excluding NO2 is 1. The molecular formula is C12H13FN6O3S. The van der Waals surface area contributed by atoms with Crippen LogP contribution in [-0.4, -0.2) is 32.3 Å². The van der Waals surface area contributed by atoms with Crippen LogP contribution in [0.4, 0.5) is 15.9 Å². The Hall–Kier alpha value is -2.24. The Labute approximate surface area is 133 Å². The van der Waals surface area contributed by atoms with Crippen LogP contribution in [0.25, 0.3) is 11.0 Å². The number of phenolic OH excluding ortho intramolecular Hbond substituents is 1. The van der Waals surface area contributed by atoms with Crippen molar-refractivity contribution in [1.82, 2.24) is 9.97 Å². The van der Waals surface area contributed by atoms with Gasteiger partial charge in [-0.1, -0.05) is 0 Å². The van der Waals surface area contributed by atoms with Gasteiger partial charge in [-0.25, -0.2) is 9.37 Å². The lowest BCUT2D eigenvalue weighted by Crippen LogP contribution is -2.37. The Morgan fingerprint density at radius 2 is 2.35 bits per heavy atom. The molecule has 1 atom stereocenters. The van der Waals surface area contributed by atoms with Crippen LogP contribution in [0.5, 0.6) is 5.75 Å². The monoisotopic (exact) mass is 340 g/mol. The first-order valence-electron chi connectivity index (χ1n) is 6.69. The van der Waals surface area contributed by atoms with Gasteiger partial charge in [0.1, 0.15) is 17.1 Å². The second-order valence-corrected chi connectivity index (χ2v) is 6.02. The number of aromatic hydroxyl groups is 1. The molecule has 2 aromatic rings. The molecule has 1 unspecified atom stereocenters. The first kappa shape index (κ1) is 15.6. The highest BCUT2D eigenvalue weighted by atomic mass is 32.2. The van der Waals surface area contributed by atoms with Gasteiger partial charge in [0, 0.05) is 12.1 Å². The van der Waals surface area contributed by atoms with Gasteiger partial charge in [-0.15, -0.1) is 14.4 Å². The van der Waals surface area contributed by atoms with Gasteiger partial charge in [-0.05, 0) is 18.0 Å². The van der Waals surface area contributed by atoms with E-state index in [1.807, 2.05) is 0 Å². The second-order valence-electron chi connectivity index (χ2n) is 5.03. The molecule has 9 nitrogen and oxygen atoms in total. The fraction of sp³-hybridized carbons (Fsp3) is 0.333. The number of hydrogen-bond acceptors (Lipinski definition) is 9. The van der Waals surface area contributed by atoms with Crippen LogP contribution >= 0.6 is 0 Å². The molecule has 0 bridgehead atoms. The minimum atomic E-state index is -2.25. The number of halogens is 1. The Bertz CT molecular complexity index is 757. The molecule has 122 valence electrons. The van der Waals surface area contributed by atoms with Crippen LogP contribution in [0.2, 0.25) is 0 Å². The molecule has 0 amide bonds. The maximum absolute atomic E-state index is 14.7.